The van der Waals surface area contributed by atoms with Crippen LogP contribution in [0.3, 0.4) is 0 Å². The number of aliphatic hydroxyl groups is 1. The van der Waals surface area contributed by atoms with Gasteiger partial charge in [0.1, 0.15) is 0 Å². The summed E-state index contributed by atoms with van der Waals surface area (Å²) in [5.74, 6) is 0.0612. The van der Waals surface area contributed by atoms with E-state index >= 15 is 0 Å². The summed E-state index contributed by atoms with van der Waals surface area (Å²) in [4.78, 5) is 13.4. The van der Waals surface area contributed by atoms with Crippen molar-refractivity contribution in [3.63, 3.8) is 0 Å². The highest BCUT2D eigenvalue weighted by Crippen LogP contribution is 2.29. The molecule has 2 aromatic carbocycles. The van der Waals surface area contributed by atoms with Crippen LogP contribution in [0.5, 0.6) is 5.75 Å². The number of sulfone groups is 1. The third kappa shape index (κ3) is 5.46. The molecule has 0 amide bonds. The van der Waals surface area contributed by atoms with Crippen LogP contribution in [-0.4, -0.2) is 42.8 Å². The summed E-state index contributed by atoms with van der Waals surface area (Å²) in [6, 6.07) is 10.8. The van der Waals surface area contributed by atoms with E-state index in [-0.39, 0.29) is 28.9 Å². The molecule has 0 saturated heterocycles. The number of unbranched alkanes of at least 4 members (excludes halogenated alkanes) is 1. The van der Waals surface area contributed by atoms with Gasteiger partial charge in [0, 0.05) is 18.4 Å². The first-order valence-corrected chi connectivity index (χ1v) is 12.0. The van der Waals surface area contributed by atoms with Gasteiger partial charge in [0.15, 0.2) is 15.6 Å². The fourth-order valence-corrected chi connectivity index (χ4v) is 3.78. The number of benzene rings is 2. The third-order valence-corrected chi connectivity index (χ3v) is 6.34. The summed E-state index contributed by atoms with van der Waals surface area (Å²) < 4.78 is 30.4. The second-order valence-corrected chi connectivity index (χ2v) is 9.61. The van der Waals surface area contributed by atoms with E-state index in [0.29, 0.717) is 34.7 Å². The standard InChI is InChI=1S/C21H20Cl2N2O5S/c1-31(28,29)16-7-4-14(5-8-16)17-13-24-25(15-6-9-18(22)19(23)12-15)21(27)20(17)30-11-3-2-10-26/h4-9,12-13,26H,2-3,10-11H2,1H3. The Hall–Kier alpha value is -2.39. The molecule has 7 nitrogen and oxygen atoms in total. The van der Waals surface area contributed by atoms with Gasteiger partial charge in [0.2, 0.25) is 0 Å². The third-order valence-electron chi connectivity index (χ3n) is 4.47. The molecule has 164 valence electrons. The van der Waals surface area contributed by atoms with Crippen molar-refractivity contribution < 1.29 is 18.3 Å². The minimum Gasteiger partial charge on any atom is -0.487 e. The quantitative estimate of drug-likeness (QED) is 0.490. The van der Waals surface area contributed by atoms with Gasteiger partial charge in [0.05, 0.1) is 33.4 Å². The predicted molar refractivity (Wildman–Crippen MR) is 120 cm³/mol. The van der Waals surface area contributed by atoms with Gasteiger partial charge in [-0.3, -0.25) is 4.79 Å². The molecule has 0 bridgehead atoms. The lowest BCUT2D eigenvalue weighted by Gasteiger charge is -2.14. The van der Waals surface area contributed by atoms with Crippen molar-refractivity contribution in [2.75, 3.05) is 19.5 Å². The van der Waals surface area contributed by atoms with Gasteiger partial charge < -0.3 is 9.84 Å². The van der Waals surface area contributed by atoms with Crippen molar-refractivity contribution in [1.82, 2.24) is 9.78 Å². The second kappa shape index (κ2) is 9.82. The summed E-state index contributed by atoms with van der Waals surface area (Å²) >= 11 is 12.0. The molecular weight excluding hydrogens is 463 g/mol. The van der Waals surface area contributed by atoms with Crippen LogP contribution in [0.1, 0.15) is 12.8 Å². The molecule has 0 aliphatic rings. The van der Waals surface area contributed by atoms with Crippen molar-refractivity contribution in [2.24, 2.45) is 0 Å². The van der Waals surface area contributed by atoms with E-state index in [2.05, 4.69) is 5.10 Å². The largest absolute Gasteiger partial charge is 0.487 e. The lowest BCUT2D eigenvalue weighted by Crippen LogP contribution is -2.24. The summed E-state index contributed by atoms with van der Waals surface area (Å²) in [6.45, 7) is 0.239. The van der Waals surface area contributed by atoms with Gasteiger partial charge in [-0.1, -0.05) is 35.3 Å². The molecule has 3 aromatic rings. The van der Waals surface area contributed by atoms with Crippen LogP contribution in [0.25, 0.3) is 16.8 Å². The molecule has 0 spiro atoms. The van der Waals surface area contributed by atoms with E-state index in [1.165, 1.54) is 24.4 Å². The number of aliphatic hydroxyl groups excluding tert-OH is 1. The topological polar surface area (TPSA) is 98.5 Å². The van der Waals surface area contributed by atoms with Gasteiger partial charge in [-0.05, 0) is 48.7 Å². The number of hydrogen-bond donors (Lipinski definition) is 1. The van der Waals surface area contributed by atoms with E-state index in [4.69, 9.17) is 33.0 Å². The molecule has 0 aliphatic carbocycles. The van der Waals surface area contributed by atoms with Crippen LogP contribution in [0.2, 0.25) is 10.0 Å². The highest BCUT2D eigenvalue weighted by atomic mass is 35.5. The molecule has 3 rings (SSSR count). The first kappa shape index (κ1) is 23.3. The van der Waals surface area contributed by atoms with Crippen LogP contribution in [0.15, 0.2) is 58.4 Å². The number of ether oxygens (including phenoxy) is 1. The Labute approximate surface area is 189 Å². The Kier molecular flexibility index (Phi) is 7.38. The Morgan fingerprint density at radius 2 is 1.77 bits per heavy atom. The van der Waals surface area contributed by atoms with Gasteiger partial charge in [-0.25, -0.2) is 8.42 Å². The van der Waals surface area contributed by atoms with E-state index < -0.39 is 15.4 Å². The maximum absolute atomic E-state index is 13.2. The summed E-state index contributed by atoms with van der Waals surface area (Å²) in [6.07, 6.45) is 3.68. The number of rotatable bonds is 8. The average molecular weight is 483 g/mol. The van der Waals surface area contributed by atoms with Crippen LogP contribution in [0.4, 0.5) is 0 Å². The minimum absolute atomic E-state index is 0.0209. The van der Waals surface area contributed by atoms with Gasteiger partial charge >= 0.3 is 5.56 Å². The van der Waals surface area contributed by atoms with Crippen molar-refractivity contribution in [1.29, 1.82) is 0 Å². The Balaban J connectivity index is 2.09. The normalized spacial score (nSPS) is 11.5. The Morgan fingerprint density at radius 1 is 1.06 bits per heavy atom. The molecule has 31 heavy (non-hydrogen) atoms. The number of halogens is 2. The van der Waals surface area contributed by atoms with Crippen LogP contribution in [-0.2, 0) is 9.84 Å². The molecule has 1 N–H and O–H groups in total. The molecule has 0 fully saturated rings. The van der Waals surface area contributed by atoms with E-state index in [0.717, 1.165) is 10.9 Å². The van der Waals surface area contributed by atoms with Crippen molar-refractivity contribution in [2.45, 2.75) is 17.7 Å². The Morgan fingerprint density at radius 3 is 2.39 bits per heavy atom. The molecule has 0 saturated carbocycles. The van der Waals surface area contributed by atoms with Gasteiger partial charge in [-0.2, -0.15) is 9.78 Å². The van der Waals surface area contributed by atoms with Crippen LogP contribution >= 0.6 is 23.2 Å². The van der Waals surface area contributed by atoms with E-state index in [9.17, 15) is 13.2 Å². The minimum atomic E-state index is -3.35. The first-order chi connectivity index (χ1) is 14.7. The van der Waals surface area contributed by atoms with Crippen molar-refractivity contribution in [3.8, 4) is 22.6 Å². The van der Waals surface area contributed by atoms with Crippen molar-refractivity contribution >= 4 is 33.0 Å². The second-order valence-electron chi connectivity index (χ2n) is 6.78. The fourth-order valence-electron chi connectivity index (χ4n) is 2.85. The first-order valence-electron chi connectivity index (χ1n) is 9.34. The molecule has 0 atom stereocenters. The SMILES string of the molecule is CS(=O)(=O)c1ccc(-c2cnn(-c3ccc(Cl)c(Cl)c3)c(=O)c2OCCCCO)cc1. The number of nitrogens with zero attached hydrogens (tertiary/aromatic N) is 2. The average Bonchev–Trinajstić information content (AvgIpc) is 2.73. The lowest BCUT2D eigenvalue weighted by molar-refractivity contribution is 0.251. The molecule has 0 aliphatic heterocycles. The smallest absolute Gasteiger partial charge is 0.314 e. The fraction of sp³-hybridized carbons (Fsp3) is 0.238. The molecular formula is C21H20Cl2N2O5S. The van der Waals surface area contributed by atoms with E-state index in [1.54, 1.807) is 24.3 Å². The Bertz CT molecular complexity index is 1240. The van der Waals surface area contributed by atoms with Crippen molar-refractivity contribution in [3.05, 3.63) is 69.1 Å². The number of aromatic nitrogens is 2. The highest BCUT2D eigenvalue weighted by Gasteiger charge is 2.17. The number of hydrogen-bond acceptors (Lipinski definition) is 6. The molecule has 1 aromatic heterocycles. The summed E-state index contributed by atoms with van der Waals surface area (Å²) in [5.41, 5.74) is 0.909. The summed E-state index contributed by atoms with van der Waals surface area (Å²) in [7, 11) is -3.35. The summed E-state index contributed by atoms with van der Waals surface area (Å²) in [5, 5.41) is 13.8. The van der Waals surface area contributed by atoms with E-state index in [1.807, 2.05) is 0 Å². The zero-order chi connectivity index (χ0) is 22.6. The molecule has 10 heteroatoms. The lowest BCUT2D eigenvalue weighted by atomic mass is 10.1. The zero-order valence-electron chi connectivity index (χ0n) is 16.6. The maximum atomic E-state index is 13.2. The monoisotopic (exact) mass is 482 g/mol. The molecule has 1 heterocycles. The zero-order valence-corrected chi connectivity index (χ0v) is 18.9. The van der Waals surface area contributed by atoms with Gasteiger partial charge in [-0.15, -0.1) is 0 Å². The van der Waals surface area contributed by atoms with Gasteiger partial charge in [0.25, 0.3) is 0 Å². The molecule has 0 unspecified atom stereocenters. The maximum Gasteiger partial charge on any atom is 0.314 e. The van der Waals surface area contributed by atoms with Crippen LogP contribution in [0, 0.1) is 0 Å². The predicted octanol–water partition coefficient (Wildman–Crippen LogP) is 3.76. The highest BCUT2D eigenvalue weighted by molar-refractivity contribution is 7.90. The molecule has 0 radical (unpaired) electrons. The van der Waals surface area contributed by atoms with Crippen LogP contribution < -0.4 is 10.3 Å².